The third-order valence-electron chi connectivity index (χ3n) is 8.35. The lowest BCUT2D eigenvalue weighted by molar-refractivity contribution is 0.183. The number of fused-ring (bicyclic) bond motifs is 4. The number of hydrogen-bond acceptors (Lipinski definition) is 8. The van der Waals surface area contributed by atoms with E-state index in [2.05, 4.69) is 29.2 Å². The Labute approximate surface area is 233 Å². The molecule has 0 amide bonds. The number of phenols is 1. The maximum absolute atomic E-state index is 10.5. The topological polar surface area (TPSA) is 86.6 Å². The van der Waals surface area contributed by atoms with Gasteiger partial charge in [0.2, 0.25) is 0 Å². The average molecular weight is 545 g/mol. The van der Waals surface area contributed by atoms with Crippen molar-refractivity contribution in [3.05, 3.63) is 47.6 Å². The van der Waals surface area contributed by atoms with E-state index in [9.17, 15) is 5.11 Å². The number of piperazine rings is 1. The molecule has 3 aliphatic rings. The van der Waals surface area contributed by atoms with Gasteiger partial charge in [-0.15, -0.1) is 0 Å². The van der Waals surface area contributed by atoms with Gasteiger partial charge in [-0.05, 0) is 75.0 Å². The summed E-state index contributed by atoms with van der Waals surface area (Å²) >= 11 is 6.63. The Bertz CT molecular complexity index is 1560. The molecule has 2 aromatic carbocycles. The highest BCUT2D eigenvalue weighted by molar-refractivity contribution is 6.36. The van der Waals surface area contributed by atoms with Crippen molar-refractivity contribution in [1.82, 2.24) is 25.2 Å². The molecule has 4 heterocycles. The number of nitrogens with zero attached hydrogens (tertiary/aromatic N) is 5. The van der Waals surface area contributed by atoms with Gasteiger partial charge >= 0.3 is 6.01 Å². The van der Waals surface area contributed by atoms with Crippen LogP contribution in [0.3, 0.4) is 0 Å². The van der Waals surface area contributed by atoms with Crippen LogP contribution in [0.2, 0.25) is 5.02 Å². The van der Waals surface area contributed by atoms with Gasteiger partial charge in [-0.1, -0.05) is 23.7 Å². The molecule has 2 bridgehead atoms. The Morgan fingerprint density at radius 1 is 1.13 bits per heavy atom. The number of nitrogens with one attached hydrogen (secondary N) is 1. The summed E-state index contributed by atoms with van der Waals surface area (Å²) in [5.74, 6) is 1.01. The fourth-order valence-electron chi connectivity index (χ4n) is 6.39. The summed E-state index contributed by atoms with van der Waals surface area (Å²) in [4.78, 5) is 19.3. The molecule has 9 heteroatoms. The van der Waals surface area contributed by atoms with Crippen LogP contribution < -0.4 is 15.0 Å². The van der Waals surface area contributed by atoms with Gasteiger partial charge in [0.05, 0.1) is 12.1 Å². The second kappa shape index (κ2) is 9.47. The quantitative estimate of drug-likeness (QED) is 0.341. The number of benzene rings is 2. The third-order valence-corrected chi connectivity index (χ3v) is 8.67. The first-order valence-corrected chi connectivity index (χ1v) is 14.1. The number of anilines is 1. The van der Waals surface area contributed by atoms with Gasteiger partial charge in [0.25, 0.3) is 0 Å². The SMILES string of the molecule is CN(C)CC1(COc2nc(N3CC4CCC(C3)N4)c3ncc(-c4cc(O)cc5cccc(Cl)c45)cc3n2)CC1. The monoisotopic (exact) mass is 544 g/mol. The molecule has 1 aliphatic carbocycles. The summed E-state index contributed by atoms with van der Waals surface area (Å²) in [6.45, 7) is 3.38. The van der Waals surface area contributed by atoms with Crippen LogP contribution in [0.5, 0.6) is 11.8 Å². The molecule has 2 atom stereocenters. The molecule has 39 heavy (non-hydrogen) atoms. The highest BCUT2D eigenvalue weighted by Gasteiger charge is 2.44. The van der Waals surface area contributed by atoms with E-state index < -0.39 is 0 Å². The van der Waals surface area contributed by atoms with Crippen LogP contribution in [0.15, 0.2) is 42.6 Å². The lowest BCUT2D eigenvalue weighted by atomic mass is 9.98. The van der Waals surface area contributed by atoms with Gasteiger partial charge < -0.3 is 25.0 Å². The molecule has 2 saturated heterocycles. The van der Waals surface area contributed by atoms with E-state index in [1.807, 2.05) is 30.5 Å². The Kier molecular flexibility index (Phi) is 6.02. The second-order valence-electron chi connectivity index (χ2n) is 11.8. The third kappa shape index (κ3) is 4.75. The molecule has 3 fully saturated rings. The Balaban J connectivity index is 1.32. The van der Waals surface area contributed by atoms with Crippen molar-refractivity contribution in [3.63, 3.8) is 0 Å². The van der Waals surface area contributed by atoms with Gasteiger partial charge in [-0.25, -0.2) is 0 Å². The first kappa shape index (κ1) is 24.8. The van der Waals surface area contributed by atoms with Crippen LogP contribution in [0.4, 0.5) is 5.82 Å². The minimum atomic E-state index is 0.174. The number of pyridine rings is 1. The number of halogens is 1. The first-order chi connectivity index (χ1) is 18.9. The van der Waals surface area contributed by atoms with Crippen molar-refractivity contribution in [3.8, 4) is 22.9 Å². The molecule has 2 N–H and O–H groups in total. The molecular formula is C30H33ClN6O2. The summed E-state index contributed by atoms with van der Waals surface area (Å²) in [5.41, 5.74) is 3.30. The number of aromatic hydroxyl groups is 1. The minimum Gasteiger partial charge on any atom is -0.508 e. The normalized spacial score (nSPS) is 21.7. The largest absolute Gasteiger partial charge is 0.508 e. The van der Waals surface area contributed by atoms with E-state index in [0.29, 0.717) is 29.7 Å². The number of ether oxygens (including phenoxy) is 1. The number of aromatic nitrogens is 3. The lowest BCUT2D eigenvalue weighted by Crippen LogP contribution is -2.51. The van der Waals surface area contributed by atoms with E-state index in [0.717, 1.165) is 71.2 Å². The predicted octanol–water partition coefficient (Wildman–Crippen LogP) is 4.87. The molecule has 7 rings (SSSR count). The molecular weight excluding hydrogens is 512 g/mol. The molecule has 1 saturated carbocycles. The number of hydrogen-bond donors (Lipinski definition) is 2. The molecule has 0 spiro atoms. The van der Waals surface area contributed by atoms with Crippen molar-refractivity contribution in [2.24, 2.45) is 5.41 Å². The molecule has 8 nitrogen and oxygen atoms in total. The standard InChI is InChI=1S/C30H33ClN6O2/c1-36(2)16-30(8-9-30)17-39-29-34-25-11-19(23-12-22(38)10-18-4-3-5-24(31)26(18)23)13-32-27(25)28(35-29)37-14-20-6-7-21(15-37)33-20/h3-5,10-13,20-21,33,38H,6-9,14-17H2,1-2H3. The van der Waals surface area contributed by atoms with Gasteiger partial charge in [0, 0.05) is 59.3 Å². The molecule has 202 valence electrons. The van der Waals surface area contributed by atoms with Crippen LogP contribution in [0.1, 0.15) is 25.7 Å². The van der Waals surface area contributed by atoms with E-state index in [-0.39, 0.29) is 11.2 Å². The fraction of sp³-hybridized carbons (Fsp3) is 0.433. The van der Waals surface area contributed by atoms with Gasteiger partial charge in [0.15, 0.2) is 5.82 Å². The van der Waals surface area contributed by atoms with Crippen LogP contribution >= 0.6 is 11.6 Å². The van der Waals surface area contributed by atoms with Crippen LogP contribution in [-0.4, -0.2) is 77.4 Å². The maximum atomic E-state index is 10.5. The molecule has 2 aromatic heterocycles. The summed E-state index contributed by atoms with van der Waals surface area (Å²) in [6, 6.07) is 12.5. The zero-order valence-corrected chi connectivity index (χ0v) is 23.1. The predicted molar refractivity (Wildman–Crippen MR) is 155 cm³/mol. The number of rotatable bonds is 7. The number of phenolic OH excluding ortho intramolecular Hbond substituents is 1. The van der Waals surface area contributed by atoms with Gasteiger partial charge in [-0.3, -0.25) is 4.98 Å². The summed E-state index contributed by atoms with van der Waals surface area (Å²) in [6.07, 6.45) is 6.51. The summed E-state index contributed by atoms with van der Waals surface area (Å²) in [5, 5.41) is 16.6. The van der Waals surface area contributed by atoms with E-state index in [4.69, 9.17) is 31.3 Å². The van der Waals surface area contributed by atoms with Crippen molar-refractivity contribution < 1.29 is 9.84 Å². The van der Waals surface area contributed by atoms with Crippen molar-refractivity contribution in [1.29, 1.82) is 0 Å². The molecule has 2 unspecified atom stereocenters. The zero-order chi connectivity index (χ0) is 26.7. The Hall–Kier alpha value is -3.20. The first-order valence-electron chi connectivity index (χ1n) is 13.7. The van der Waals surface area contributed by atoms with Gasteiger partial charge in [0.1, 0.15) is 11.3 Å². The Morgan fingerprint density at radius 2 is 1.92 bits per heavy atom. The van der Waals surface area contributed by atoms with Crippen LogP contribution in [0.25, 0.3) is 32.9 Å². The average Bonchev–Trinajstić information content (AvgIpc) is 3.59. The molecule has 0 radical (unpaired) electrons. The van der Waals surface area contributed by atoms with Crippen LogP contribution in [0, 0.1) is 5.41 Å². The summed E-state index contributed by atoms with van der Waals surface area (Å²) in [7, 11) is 4.21. The molecule has 2 aliphatic heterocycles. The smallest absolute Gasteiger partial charge is 0.319 e. The maximum Gasteiger partial charge on any atom is 0.319 e. The lowest BCUT2D eigenvalue weighted by Gasteiger charge is -2.34. The van der Waals surface area contributed by atoms with Crippen molar-refractivity contribution >= 4 is 39.2 Å². The van der Waals surface area contributed by atoms with Crippen molar-refractivity contribution in [2.75, 3.05) is 45.2 Å². The van der Waals surface area contributed by atoms with Gasteiger partial charge in [-0.2, -0.15) is 9.97 Å². The van der Waals surface area contributed by atoms with E-state index in [1.165, 1.54) is 12.8 Å². The van der Waals surface area contributed by atoms with Crippen molar-refractivity contribution in [2.45, 2.75) is 37.8 Å². The minimum absolute atomic E-state index is 0.174. The summed E-state index contributed by atoms with van der Waals surface area (Å²) < 4.78 is 6.32. The van der Waals surface area contributed by atoms with Crippen LogP contribution in [-0.2, 0) is 0 Å². The Morgan fingerprint density at radius 3 is 2.67 bits per heavy atom. The highest BCUT2D eigenvalue weighted by atomic mass is 35.5. The van der Waals surface area contributed by atoms with E-state index >= 15 is 0 Å². The second-order valence-corrected chi connectivity index (χ2v) is 12.2. The van der Waals surface area contributed by atoms with E-state index in [1.54, 1.807) is 12.1 Å². The fourth-order valence-corrected chi connectivity index (χ4v) is 6.68. The highest BCUT2D eigenvalue weighted by Crippen LogP contribution is 2.46. The zero-order valence-electron chi connectivity index (χ0n) is 22.3. The molecule has 4 aromatic rings.